The van der Waals surface area contributed by atoms with E-state index >= 15 is 0 Å². The fraction of sp³-hybridized carbons (Fsp3) is 0.238. The Kier molecular flexibility index (Phi) is 5.57. The minimum absolute atomic E-state index is 0.155. The highest BCUT2D eigenvalue weighted by Crippen LogP contribution is 2.29. The zero-order valence-corrected chi connectivity index (χ0v) is 15.9. The molecule has 0 bridgehead atoms. The summed E-state index contributed by atoms with van der Waals surface area (Å²) >= 11 is 1.57. The summed E-state index contributed by atoms with van der Waals surface area (Å²) in [5, 5.41) is 4.67. The number of nitrogens with one attached hydrogen (secondary N) is 1. The van der Waals surface area contributed by atoms with Crippen molar-refractivity contribution in [3.63, 3.8) is 0 Å². The van der Waals surface area contributed by atoms with Gasteiger partial charge in [-0.3, -0.25) is 4.79 Å². The molecular weight excluding hydrogens is 347 g/mol. The molecule has 0 radical (unpaired) electrons. The van der Waals surface area contributed by atoms with Gasteiger partial charge in [0.05, 0.1) is 11.1 Å². The normalized spacial score (nSPS) is 10.9. The van der Waals surface area contributed by atoms with Gasteiger partial charge in [-0.05, 0) is 54.5 Å². The highest BCUT2D eigenvalue weighted by atomic mass is 32.2. The van der Waals surface area contributed by atoms with Crippen molar-refractivity contribution in [2.24, 2.45) is 0 Å². The standard InChI is InChI=1S/C21H21FN2OS/c1-4-26-21-19(14(3)17-10-5-13(2)11-18(17)24-21)20(25)23-12-15-6-8-16(22)9-7-15/h5-11H,4,12H2,1-3H3,(H,23,25). The van der Waals surface area contributed by atoms with Crippen LogP contribution in [-0.2, 0) is 6.54 Å². The van der Waals surface area contributed by atoms with Gasteiger partial charge in [0, 0.05) is 11.9 Å². The van der Waals surface area contributed by atoms with E-state index in [0.717, 1.165) is 38.4 Å². The number of rotatable bonds is 5. The molecule has 5 heteroatoms. The smallest absolute Gasteiger partial charge is 0.254 e. The van der Waals surface area contributed by atoms with Gasteiger partial charge in [0.1, 0.15) is 10.8 Å². The second-order valence-corrected chi connectivity index (χ2v) is 7.43. The Hall–Kier alpha value is -2.40. The number of carbonyl (C=O) groups excluding carboxylic acids is 1. The second-order valence-electron chi connectivity index (χ2n) is 6.18. The minimum atomic E-state index is -0.286. The van der Waals surface area contributed by atoms with Crippen molar-refractivity contribution in [1.82, 2.24) is 10.3 Å². The van der Waals surface area contributed by atoms with E-state index in [4.69, 9.17) is 4.98 Å². The van der Waals surface area contributed by atoms with Crippen molar-refractivity contribution in [3.05, 3.63) is 70.5 Å². The Morgan fingerprint density at radius 2 is 1.88 bits per heavy atom. The lowest BCUT2D eigenvalue weighted by atomic mass is 10.0. The lowest BCUT2D eigenvalue weighted by Crippen LogP contribution is -2.25. The molecule has 1 amide bonds. The molecule has 1 aromatic heterocycles. The molecule has 3 rings (SSSR count). The van der Waals surface area contributed by atoms with Crippen LogP contribution in [0.1, 0.15) is 34.0 Å². The molecule has 2 aromatic carbocycles. The van der Waals surface area contributed by atoms with Gasteiger partial charge in [-0.25, -0.2) is 9.37 Å². The van der Waals surface area contributed by atoms with Crippen molar-refractivity contribution in [2.45, 2.75) is 32.3 Å². The number of hydrogen-bond acceptors (Lipinski definition) is 3. The third-order valence-electron chi connectivity index (χ3n) is 4.24. The van der Waals surface area contributed by atoms with Gasteiger partial charge >= 0.3 is 0 Å². The van der Waals surface area contributed by atoms with E-state index in [-0.39, 0.29) is 11.7 Å². The number of nitrogens with zero attached hydrogens (tertiary/aromatic N) is 1. The van der Waals surface area contributed by atoms with Crippen LogP contribution in [0.25, 0.3) is 10.9 Å². The molecule has 1 heterocycles. The Morgan fingerprint density at radius 1 is 1.15 bits per heavy atom. The van der Waals surface area contributed by atoms with E-state index in [2.05, 4.69) is 5.32 Å². The van der Waals surface area contributed by atoms with Crippen molar-refractivity contribution in [1.29, 1.82) is 0 Å². The maximum absolute atomic E-state index is 13.0. The van der Waals surface area contributed by atoms with Crippen LogP contribution < -0.4 is 5.32 Å². The van der Waals surface area contributed by atoms with Crippen LogP contribution >= 0.6 is 11.8 Å². The summed E-state index contributed by atoms with van der Waals surface area (Å²) in [4.78, 5) is 17.6. The van der Waals surface area contributed by atoms with E-state index in [1.165, 1.54) is 12.1 Å². The molecule has 0 atom stereocenters. The summed E-state index contributed by atoms with van der Waals surface area (Å²) in [7, 11) is 0. The fourth-order valence-electron chi connectivity index (χ4n) is 2.89. The van der Waals surface area contributed by atoms with Gasteiger partial charge < -0.3 is 5.32 Å². The third-order valence-corrected chi connectivity index (χ3v) is 5.10. The van der Waals surface area contributed by atoms with E-state index in [0.29, 0.717) is 12.1 Å². The maximum Gasteiger partial charge on any atom is 0.254 e. The SMILES string of the molecule is CCSc1nc2cc(C)ccc2c(C)c1C(=O)NCc1ccc(F)cc1. The Labute approximate surface area is 157 Å². The fourth-order valence-corrected chi connectivity index (χ4v) is 3.72. The largest absolute Gasteiger partial charge is 0.348 e. The van der Waals surface area contributed by atoms with Gasteiger partial charge in [-0.15, -0.1) is 11.8 Å². The van der Waals surface area contributed by atoms with Gasteiger partial charge in [-0.2, -0.15) is 0 Å². The molecule has 134 valence electrons. The predicted molar refractivity (Wildman–Crippen MR) is 105 cm³/mol. The Balaban J connectivity index is 1.94. The Morgan fingerprint density at radius 3 is 2.58 bits per heavy atom. The van der Waals surface area contributed by atoms with Crippen molar-refractivity contribution < 1.29 is 9.18 Å². The average Bonchev–Trinajstić information content (AvgIpc) is 2.61. The molecule has 3 nitrogen and oxygen atoms in total. The van der Waals surface area contributed by atoms with Crippen LogP contribution in [-0.4, -0.2) is 16.6 Å². The number of amides is 1. The van der Waals surface area contributed by atoms with Crippen LogP contribution in [0.5, 0.6) is 0 Å². The quantitative estimate of drug-likeness (QED) is 0.642. The van der Waals surface area contributed by atoms with Crippen molar-refractivity contribution in [3.8, 4) is 0 Å². The lowest BCUT2D eigenvalue weighted by Gasteiger charge is -2.14. The van der Waals surface area contributed by atoms with Crippen LogP contribution in [0.15, 0.2) is 47.5 Å². The average molecular weight is 368 g/mol. The highest BCUT2D eigenvalue weighted by Gasteiger charge is 2.19. The number of fused-ring (bicyclic) bond motifs is 1. The molecule has 0 saturated carbocycles. The number of thioether (sulfide) groups is 1. The molecule has 0 fully saturated rings. The first-order valence-corrected chi connectivity index (χ1v) is 9.54. The van der Waals surface area contributed by atoms with E-state index in [9.17, 15) is 9.18 Å². The molecule has 0 saturated heterocycles. The van der Waals surface area contributed by atoms with Gasteiger partial charge in [0.15, 0.2) is 0 Å². The molecule has 0 aliphatic rings. The van der Waals surface area contributed by atoms with Gasteiger partial charge in [-0.1, -0.05) is 31.2 Å². The molecule has 0 spiro atoms. The monoisotopic (exact) mass is 368 g/mol. The minimum Gasteiger partial charge on any atom is -0.348 e. The van der Waals surface area contributed by atoms with Gasteiger partial charge in [0.2, 0.25) is 0 Å². The molecule has 0 unspecified atom stereocenters. The molecule has 0 aliphatic carbocycles. The predicted octanol–water partition coefficient (Wildman–Crippen LogP) is 5.03. The van der Waals surface area contributed by atoms with Crippen LogP contribution in [0, 0.1) is 19.7 Å². The van der Waals surface area contributed by atoms with E-state index in [1.54, 1.807) is 23.9 Å². The van der Waals surface area contributed by atoms with Crippen molar-refractivity contribution >= 4 is 28.6 Å². The van der Waals surface area contributed by atoms with Crippen molar-refractivity contribution in [2.75, 3.05) is 5.75 Å². The van der Waals surface area contributed by atoms with E-state index < -0.39 is 0 Å². The summed E-state index contributed by atoms with van der Waals surface area (Å²) in [6.45, 7) is 6.39. The van der Waals surface area contributed by atoms with Gasteiger partial charge in [0.25, 0.3) is 5.91 Å². The summed E-state index contributed by atoms with van der Waals surface area (Å²) < 4.78 is 13.0. The first-order valence-electron chi connectivity index (χ1n) is 8.56. The second kappa shape index (κ2) is 7.87. The molecule has 0 aliphatic heterocycles. The first-order chi connectivity index (χ1) is 12.5. The molecule has 1 N–H and O–H groups in total. The molecule has 26 heavy (non-hydrogen) atoms. The Bertz CT molecular complexity index is 954. The number of pyridine rings is 1. The third kappa shape index (κ3) is 3.88. The lowest BCUT2D eigenvalue weighted by molar-refractivity contribution is 0.0947. The number of aromatic nitrogens is 1. The van der Waals surface area contributed by atoms with Crippen LogP contribution in [0.3, 0.4) is 0 Å². The number of aryl methyl sites for hydroxylation is 2. The first kappa shape index (κ1) is 18.4. The summed E-state index contributed by atoms with van der Waals surface area (Å²) in [5.41, 5.74) is 4.46. The highest BCUT2D eigenvalue weighted by molar-refractivity contribution is 7.99. The summed E-state index contributed by atoms with van der Waals surface area (Å²) in [6, 6.07) is 12.2. The van der Waals surface area contributed by atoms with Crippen LogP contribution in [0.4, 0.5) is 4.39 Å². The summed E-state index contributed by atoms with van der Waals surface area (Å²) in [5.74, 6) is 0.395. The molecular formula is C21H21FN2OS. The number of hydrogen-bond donors (Lipinski definition) is 1. The molecule has 3 aromatic rings. The number of halogens is 1. The number of carbonyl (C=O) groups is 1. The van der Waals surface area contributed by atoms with Crippen LogP contribution in [0.2, 0.25) is 0 Å². The summed E-state index contributed by atoms with van der Waals surface area (Å²) in [6.07, 6.45) is 0. The van der Waals surface area contributed by atoms with E-state index in [1.807, 2.05) is 39.0 Å². The zero-order chi connectivity index (χ0) is 18.7. The number of benzene rings is 2. The topological polar surface area (TPSA) is 42.0 Å². The zero-order valence-electron chi connectivity index (χ0n) is 15.1. The maximum atomic E-state index is 13.0.